The lowest BCUT2D eigenvalue weighted by molar-refractivity contribution is -0.0503. The number of nitrogens with one attached hydrogen (secondary N) is 2. The number of phenolic OH excluding ortho intramolecular Hbond substituents is 3. The SMILES string of the molecule is Cc1ccc(O)c(Nn2[nH]c3cccc(C(=O)OCC(COC(=O)c4cccc5c4n4n(-c6cc(C)ccc6O)n54)OCCOC(=O)c4cccc5c4n4n(-c6cc(C)ccc6O)n54)c32)c1. The van der Waals surface area contributed by atoms with Crippen molar-refractivity contribution in [2.45, 2.75) is 26.9 Å². The number of nitrogens with zero attached hydrogens (tertiary/aromatic N) is 7. The summed E-state index contributed by atoms with van der Waals surface area (Å²) in [6.45, 7) is 4.74. The van der Waals surface area contributed by atoms with Gasteiger partial charge in [0.25, 0.3) is 0 Å². The highest BCUT2D eigenvalue weighted by molar-refractivity contribution is 6.05. The first-order valence-corrected chi connectivity index (χ1v) is 21.0. The van der Waals surface area contributed by atoms with E-state index in [4.69, 9.17) is 18.9 Å². The van der Waals surface area contributed by atoms with E-state index in [9.17, 15) is 29.7 Å². The number of benzene rings is 6. The highest BCUT2D eigenvalue weighted by Gasteiger charge is 2.32. The number of H-pyrrole nitrogens is 1. The Hall–Kier alpha value is -8.71. The first kappa shape index (κ1) is 40.1. The van der Waals surface area contributed by atoms with Crippen LogP contribution in [0.25, 0.3) is 44.5 Å². The normalized spacial score (nSPS) is 12.5. The number of aromatic nitrogens is 8. The van der Waals surface area contributed by atoms with Crippen molar-refractivity contribution in [3.05, 3.63) is 143 Å². The van der Waals surface area contributed by atoms with E-state index in [1.54, 1.807) is 97.7 Å². The van der Waals surface area contributed by atoms with Crippen LogP contribution in [0.5, 0.6) is 17.2 Å². The molecule has 5 heterocycles. The minimum absolute atomic E-state index is 0.0194. The van der Waals surface area contributed by atoms with Crippen LogP contribution in [0, 0.1) is 20.8 Å². The molecule has 19 nitrogen and oxygen atoms in total. The molecule has 0 spiro atoms. The predicted octanol–water partition coefficient (Wildman–Crippen LogP) is 6.61. The molecular formula is C47H41N9O10. The molecule has 11 rings (SSSR count). The van der Waals surface area contributed by atoms with Gasteiger partial charge in [-0.3, -0.25) is 10.5 Å². The first-order chi connectivity index (χ1) is 32.0. The minimum atomic E-state index is -0.990. The van der Waals surface area contributed by atoms with Gasteiger partial charge in [0.15, 0.2) is 0 Å². The molecule has 0 radical (unpaired) electrons. The molecule has 0 aliphatic heterocycles. The number of rotatable bonds is 15. The highest BCUT2D eigenvalue weighted by atomic mass is 16.6. The number of hydrogen-bond acceptors (Lipinski definition) is 11. The van der Waals surface area contributed by atoms with Crippen molar-refractivity contribution < 1.29 is 48.7 Å². The van der Waals surface area contributed by atoms with Gasteiger partial charge in [-0.2, -0.15) is 4.79 Å². The summed E-state index contributed by atoms with van der Waals surface area (Å²) in [6, 6.07) is 31.2. The molecule has 0 aliphatic rings. The Morgan fingerprint density at radius 3 is 1.61 bits per heavy atom. The van der Waals surface area contributed by atoms with Crippen LogP contribution >= 0.6 is 0 Å². The minimum Gasteiger partial charge on any atom is -0.506 e. The van der Waals surface area contributed by atoms with Crippen molar-refractivity contribution in [2.24, 2.45) is 0 Å². The van der Waals surface area contributed by atoms with Gasteiger partial charge in [0.1, 0.15) is 82.1 Å². The van der Waals surface area contributed by atoms with Crippen LogP contribution < -0.4 is 5.43 Å². The Balaban J connectivity index is 0.797. The average Bonchev–Trinajstić information content (AvgIpc) is 4.17. The van der Waals surface area contributed by atoms with Gasteiger partial charge in [0.2, 0.25) is 0 Å². The van der Waals surface area contributed by atoms with Crippen LogP contribution in [0.3, 0.4) is 0 Å². The number of hydrogen-bond donors (Lipinski definition) is 5. The summed E-state index contributed by atoms with van der Waals surface area (Å²) in [6.07, 6.45) is -0.990. The maximum absolute atomic E-state index is 13.8. The fraction of sp³-hybridized carbons (Fsp3) is 0.170. The third-order valence-electron chi connectivity index (χ3n) is 11.6. The maximum Gasteiger partial charge on any atom is 0.340 e. The Bertz CT molecular complexity index is 3640. The zero-order chi connectivity index (χ0) is 45.5. The van der Waals surface area contributed by atoms with Gasteiger partial charge >= 0.3 is 17.9 Å². The molecular weight excluding hydrogens is 851 g/mol. The monoisotopic (exact) mass is 891 g/mol. The van der Waals surface area contributed by atoms with Crippen molar-refractivity contribution >= 4 is 56.7 Å². The molecule has 19 heteroatoms. The molecule has 334 valence electrons. The van der Waals surface area contributed by atoms with Gasteiger partial charge in [-0.15, -0.1) is 28.1 Å². The average molecular weight is 892 g/mol. The standard InChI is InChI=1S/C47H41N9O10/c1-26-13-16-39(57)34(21-26)49-50-42-30(7-4-10-33(42)48-50)46(61)65-24-29(25-66-47(62)32-9-6-12-36-44(32)56-52(36)54(56)38-23-28(3)15-18-41(38)59)63-19-20-64-45(60)31-8-5-11-35-43(31)55-51(35)53(55)37-22-27(2)14-17-40(37)58/h4-18,21-23,29,48-49,57-59H,19-20,24-25H2,1-3H3. The highest BCUT2D eigenvalue weighted by Crippen LogP contribution is 2.35. The van der Waals surface area contributed by atoms with E-state index >= 15 is 0 Å². The number of esters is 3. The van der Waals surface area contributed by atoms with Gasteiger partial charge in [-0.1, -0.05) is 36.4 Å². The van der Waals surface area contributed by atoms with E-state index in [1.807, 2.05) is 60.4 Å². The topological polar surface area (TPSA) is 209 Å². The lowest BCUT2D eigenvalue weighted by Crippen LogP contribution is -2.30. The Morgan fingerprint density at radius 2 is 1.05 bits per heavy atom. The second-order valence-corrected chi connectivity index (χ2v) is 16.2. The van der Waals surface area contributed by atoms with E-state index in [1.165, 1.54) is 4.79 Å². The summed E-state index contributed by atoms with van der Waals surface area (Å²) in [5.74, 6) is -1.76. The molecule has 0 bridgehead atoms. The van der Waals surface area contributed by atoms with Crippen molar-refractivity contribution in [2.75, 3.05) is 31.9 Å². The number of phenols is 3. The molecule has 11 aromatic rings. The molecule has 5 N–H and O–H groups in total. The summed E-state index contributed by atoms with van der Waals surface area (Å²) in [5, 5.41) is 34.6. The van der Waals surface area contributed by atoms with Gasteiger partial charge in [-0.25, -0.2) is 14.4 Å². The first-order valence-electron chi connectivity index (χ1n) is 21.0. The Labute approximate surface area is 372 Å². The van der Waals surface area contributed by atoms with Crippen molar-refractivity contribution in [1.29, 1.82) is 0 Å². The number of carbonyl (C=O) groups excluding carboxylic acids is 3. The summed E-state index contributed by atoms with van der Waals surface area (Å²) in [5.41, 5.74) is 12.1. The van der Waals surface area contributed by atoms with Crippen LogP contribution in [-0.2, 0) is 18.9 Å². The molecule has 1 atom stereocenters. The number of ether oxygens (including phenoxy) is 4. The maximum atomic E-state index is 13.8. The van der Waals surface area contributed by atoms with E-state index in [0.717, 1.165) is 27.7 Å². The van der Waals surface area contributed by atoms with E-state index in [2.05, 4.69) is 10.5 Å². The molecule has 1 unspecified atom stereocenters. The van der Waals surface area contributed by atoms with Gasteiger partial charge < -0.3 is 34.3 Å². The largest absolute Gasteiger partial charge is 0.506 e. The quantitative estimate of drug-likeness (QED) is 0.0320. The van der Waals surface area contributed by atoms with Crippen LogP contribution in [0.15, 0.2) is 109 Å². The second kappa shape index (κ2) is 15.2. The molecule has 0 saturated carbocycles. The van der Waals surface area contributed by atoms with Gasteiger partial charge in [0, 0.05) is 0 Å². The van der Waals surface area contributed by atoms with Gasteiger partial charge in [-0.05, 0) is 110 Å². The molecule has 0 amide bonds. The zero-order valence-corrected chi connectivity index (χ0v) is 35.6. The van der Waals surface area contributed by atoms with Crippen LogP contribution in [0.4, 0.5) is 5.69 Å². The molecule has 66 heavy (non-hydrogen) atoms. The lowest BCUT2D eigenvalue weighted by atomic mass is 10.1. The predicted molar refractivity (Wildman–Crippen MR) is 239 cm³/mol. The second-order valence-electron chi connectivity index (χ2n) is 16.2. The van der Waals surface area contributed by atoms with Crippen LogP contribution in [0.2, 0.25) is 0 Å². The number of carbonyl (C=O) groups is 3. The summed E-state index contributed by atoms with van der Waals surface area (Å²) in [4.78, 5) is 46.0. The Kier molecular flexibility index (Phi) is 9.25. The van der Waals surface area contributed by atoms with Crippen LogP contribution in [-0.4, -0.2) is 104 Å². The summed E-state index contributed by atoms with van der Waals surface area (Å²) in [7, 11) is 0. The number of aromatic hydroxyl groups is 3. The van der Waals surface area contributed by atoms with Crippen molar-refractivity contribution in [1.82, 2.24) is 38.0 Å². The fourth-order valence-electron chi connectivity index (χ4n) is 8.25. The van der Waals surface area contributed by atoms with Crippen molar-refractivity contribution in [3.8, 4) is 28.6 Å². The van der Waals surface area contributed by atoms with E-state index < -0.39 is 24.0 Å². The molecule has 0 aliphatic carbocycles. The summed E-state index contributed by atoms with van der Waals surface area (Å²) < 4.78 is 30.5. The number of para-hydroxylation sites is 3. The molecule has 5 aromatic heterocycles. The molecule has 0 fully saturated rings. The van der Waals surface area contributed by atoms with Crippen molar-refractivity contribution in [3.63, 3.8) is 0 Å². The van der Waals surface area contributed by atoms with Gasteiger partial charge in [0.05, 0.1) is 34.5 Å². The molecule has 0 saturated heterocycles. The number of fused-ring (bicyclic) bond motifs is 9. The smallest absolute Gasteiger partial charge is 0.340 e. The summed E-state index contributed by atoms with van der Waals surface area (Å²) >= 11 is 0. The van der Waals surface area contributed by atoms with Crippen LogP contribution in [0.1, 0.15) is 47.8 Å². The third-order valence-corrected chi connectivity index (χ3v) is 11.6. The fourth-order valence-corrected chi connectivity index (χ4v) is 8.25. The molecule has 6 aromatic carbocycles. The van der Waals surface area contributed by atoms with E-state index in [-0.39, 0.29) is 54.8 Å². The lowest BCUT2D eigenvalue weighted by Gasteiger charge is -2.22. The third kappa shape index (κ3) is 6.59. The van der Waals surface area contributed by atoms with E-state index in [0.29, 0.717) is 44.7 Å². The Morgan fingerprint density at radius 1 is 0.561 bits per heavy atom. The number of anilines is 1. The number of aryl methyl sites for hydroxylation is 3. The zero-order valence-electron chi connectivity index (χ0n) is 35.6. The number of aromatic amines is 1.